The van der Waals surface area contributed by atoms with Crippen LogP contribution in [0.15, 0.2) is 0 Å². The lowest BCUT2D eigenvalue weighted by Crippen LogP contribution is -2.33. The Morgan fingerprint density at radius 2 is 1.82 bits per heavy atom. The Balaban J connectivity index is 4.13. The van der Waals surface area contributed by atoms with Crippen molar-refractivity contribution in [3.8, 4) is 0 Å². The second-order valence-electron chi connectivity index (χ2n) is 2.48. The zero-order valence-electron chi connectivity index (χ0n) is 7.25. The Bertz CT molecular complexity index is 165. The van der Waals surface area contributed by atoms with Crippen LogP contribution in [0, 0.1) is 5.92 Å². The second kappa shape index (κ2) is 3.95. The summed E-state index contributed by atoms with van der Waals surface area (Å²) in [5.41, 5.74) is 0. The van der Waals surface area contributed by atoms with Crippen molar-refractivity contribution in [2.75, 3.05) is 21.2 Å². The Morgan fingerprint density at radius 3 is 2.09 bits per heavy atom. The SMILES string of the molecule is COC(=O)C(C)C(=O)N(C)C. The molecule has 1 unspecified atom stereocenters. The molecule has 0 rings (SSSR count). The molecule has 0 saturated heterocycles. The molecule has 1 amide bonds. The van der Waals surface area contributed by atoms with Crippen molar-refractivity contribution in [3.05, 3.63) is 0 Å². The van der Waals surface area contributed by atoms with Gasteiger partial charge in [-0.2, -0.15) is 0 Å². The fraction of sp³-hybridized carbons (Fsp3) is 0.714. The van der Waals surface area contributed by atoms with Gasteiger partial charge in [-0.25, -0.2) is 0 Å². The third kappa shape index (κ3) is 2.57. The highest BCUT2D eigenvalue weighted by Gasteiger charge is 2.22. The molecule has 11 heavy (non-hydrogen) atoms. The van der Waals surface area contributed by atoms with Crippen LogP contribution < -0.4 is 0 Å². The first-order chi connectivity index (χ1) is 5.00. The second-order valence-corrected chi connectivity index (χ2v) is 2.48. The highest BCUT2D eigenvalue weighted by molar-refractivity contribution is 5.97. The minimum atomic E-state index is -0.699. The average molecular weight is 159 g/mol. The molecule has 4 nitrogen and oxygen atoms in total. The third-order valence-corrected chi connectivity index (χ3v) is 1.37. The van der Waals surface area contributed by atoms with E-state index in [0.29, 0.717) is 0 Å². The highest BCUT2D eigenvalue weighted by atomic mass is 16.5. The maximum absolute atomic E-state index is 11.1. The average Bonchev–Trinajstić information content (AvgIpc) is 2.00. The summed E-state index contributed by atoms with van der Waals surface area (Å²) in [6.45, 7) is 1.52. The number of rotatable bonds is 2. The zero-order chi connectivity index (χ0) is 9.02. The van der Waals surface area contributed by atoms with Crippen LogP contribution in [0.5, 0.6) is 0 Å². The van der Waals surface area contributed by atoms with Crippen LogP contribution >= 0.6 is 0 Å². The van der Waals surface area contributed by atoms with Gasteiger partial charge in [0.15, 0.2) is 0 Å². The summed E-state index contributed by atoms with van der Waals surface area (Å²) >= 11 is 0. The zero-order valence-corrected chi connectivity index (χ0v) is 7.25. The van der Waals surface area contributed by atoms with Gasteiger partial charge < -0.3 is 9.64 Å². The van der Waals surface area contributed by atoms with Crippen LogP contribution in [0.2, 0.25) is 0 Å². The Morgan fingerprint density at radius 1 is 1.36 bits per heavy atom. The van der Waals surface area contributed by atoms with E-state index in [4.69, 9.17) is 0 Å². The first kappa shape index (κ1) is 9.94. The van der Waals surface area contributed by atoms with E-state index in [2.05, 4.69) is 4.74 Å². The van der Waals surface area contributed by atoms with Crippen molar-refractivity contribution >= 4 is 11.9 Å². The number of esters is 1. The van der Waals surface area contributed by atoms with E-state index >= 15 is 0 Å². The van der Waals surface area contributed by atoms with Crippen LogP contribution in [-0.4, -0.2) is 38.0 Å². The van der Waals surface area contributed by atoms with Gasteiger partial charge in [0.05, 0.1) is 7.11 Å². The van der Waals surface area contributed by atoms with Crippen LogP contribution in [-0.2, 0) is 14.3 Å². The van der Waals surface area contributed by atoms with E-state index in [-0.39, 0.29) is 5.91 Å². The number of hydrogen-bond acceptors (Lipinski definition) is 3. The molecule has 0 aromatic rings. The number of methoxy groups -OCH3 is 1. The Labute approximate surface area is 66.1 Å². The van der Waals surface area contributed by atoms with E-state index in [9.17, 15) is 9.59 Å². The fourth-order valence-corrected chi connectivity index (χ4v) is 0.665. The lowest BCUT2D eigenvalue weighted by Gasteiger charge is -2.14. The lowest BCUT2D eigenvalue weighted by atomic mass is 10.1. The summed E-state index contributed by atoms with van der Waals surface area (Å²) in [6.07, 6.45) is 0. The lowest BCUT2D eigenvalue weighted by molar-refractivity contribution is -0.151. The molecule has 0 aliphatic heterocycles. The summed E-state index contributed by atoms with van der Waals surface area (Å²) < 4.78 is 4.40. The van der Waals surface area contributed by atoms with Gasteiger partial charge in [0.2, 0.25) is 5.91 Å². The van der Waals surface area contributed by atoms with Gasteiger partial charge in [-0.3, -0.25) is 9.59 Å². The van der Waals surface area contributed by atoms with Crippen LogP contribution in [0.3, 0.4) is 0 Å². The molecule has 0 aromatic heterocycles. The van der Waals surface area contributed by atoms with Gasteiger partial charge in [-0.1, -0.05) is 0 Å². The summed E-state index contributed by atoms with van der Waals surface area (Å²) in [4.78, 5) is 23.2. The molecule has 0 aromatic carbocycles. The summed E-state index contributed by atoms with van der Waals surface area (Å²) in [7, 11) is 4.46. The smallest absolute Gasteiger partial charge is 0.317 e. The van der Waals surface area contributed by atoms with Gasteiger partial charge in [0.25, 0.3) is 0 Å². The summed E-state index contributed by atoms with van der Waals surface area (Å²) in [5.74, 6) is -1.43. The Kier molecular flexibility index (Phi) is 3.57. The highest BCUT2D eigenvalue weighted by Crippen LogP contribution is 2.00. The molecule has 0 aliphatic carbocycles. The van der Waals surface area contributed by atoms with E-state index in [0.717, 1.165) is 0 Å². The van der Waals surface area contributed by atoms with Gasteiger partial charge in [0, 0.05) is 14.1 Å². The number of ether oxygens (including phenoxy) is 1. The maximum atomic E-state index is 11.1. The number of carbonyl (C=O) groups is 2. The van der Waals surface area contributed by atoms with Gasteiger partial charge in [-0.15, -0.1) is 0 Å². The number of amides is 1. The maximum Gasteiger partial charge on any atom is 0.317 e. The molecule has 0 aliphatic rings. The van der Waals surface area contributed by atoms with Gasteiger partial charge in [-0.05, 0) is 6.92 Å². The fourth-order valence-electron chi connectivity index (χ4n) is 0.665. The summed E-state index contributed by atoms with van der Waals surface area (Å²) in [5, 5.41) is 0. The van der Waals surface area contributed by atoms with Crippen LogP contribution in [0.1, 0.15) is 6.92 Å². The molecule has 0 saturated carbocycles. The molecule has 0 bridgehead atoms. The van der Waals surface area contributed by atoms with Crippen molar-refractivity contribution in [2.24, 2.45) is 5.92 Å². The van der Waals surface area contributed by atoms with Crippen molar-refractivity contribution in [1.82, 2.24) is 4.90 Å². The van der Waals surface area contributed by atoms with Gasteiger partial charge in [0.1, 0.15) is 5.92 Å². The van der Waals surface area contributed by atoms with Crippen molar-refractivity contribution in [2.45, 2.75) is 6.92 Å². The summed E-state index contributed by atoms with van der Waals surface area (Å²) in [6, 6.07) is 0. The van der Waals surface area contributed by atoms with E-state index in [1.807, 2.05) is 0 Å². The number of nitrogens with zero attached hydrogens (tertiary/aromatic N) is 1. The van der Waals surface area contributed by atoms with E-state index < -0.39 is 11.9 Å². The van der Waals surface area contributed by atoms with E-state index in [1.54, 1.807) is 14.1 Å². The molecule has 0 heterocycles. The predicted octanol–water partition coefficient (Wildman–Crippen LogP) is -0.116. The Hall–Kier alpha value is -1.06. The standard InChI is InChI=1S/C7H13NO3/c1-5(7(10)11-4)6(9)8(2)3/h5H,1-4H3. The molecule has 64 valence electrons. The monoisotopic (exact) mass is 159 g/mol. The minimum Gasteiger partial charge on any atom is -0.468 e. The van der Waals surface area contributed by atoms with Crippen molar-refractivity contribution in [1.29, 1.82) is 0 Å². The molecule has 0 radical (unpaired) electrons. The van der Waals surface area contributed by atoms with E-state index in [1.165, 1.54) is 18.9 Å². The first-order valence-corrected chi connectivity index (χ1v) is 3.29. The molecule has 0 N–H and O–H groups in total. The van der Waals surface area contributed by atoms with Crippen molar-refractivity contribution < 1.29 is 14.3 Å². The first-order valence-electron chi connectivity index (χ1n) is 3.29. The molecule has 4 heteroatoms. The number of hydrogen-bond donors (Lipinski definition) is 0. The largest absolute Gasteiger partial charge is 0.468 e. The van der Waals surface area contributed by atoms with Crippen LogP contribution in [0.4, 0.5) is 0 Å². The predicted molar refractivity (Wildman–Crippen MR) is 39.9 cm³/mol. The topological polar surface area (TPSA) is 46.6 Å². The molecule has 1 atom stereocenters. The molecular weight excluding hydrogens is 146 g/mol. The third-order valence-electron chi connectivity index (χ3n) is 1.37. The minimum absolute atomic E-state index is 0.239. The number of carbonyl (C=O) groups excluding carboxylic acids is 2. The molecular formula is C7H13NO3. The normalized spacial score (nSPS) is 12.0. The molecule has 0 spiro atoms. The quantitative estimate of drug-likeness (QED) is 0.417. The van der Waals surface area contributed by atoms with Gasteiger partial charge >= 0.3 is 5.97 Å². The van der Waals surface area contributed by atoms with Crippen molar-refractivity contribution in [3.63, 3.8) is 0 Å². The van der Waals surface area contributed by atoms with Crippen LogP contribution in [0.25, 0.3) is 0 Å². The molecule has 0 fully saturated rings.